The highest BCUT2D eigenvalue weighted by molar-refractivity contribution is 7.98. The maximum Gasteiger partial charge on any atom is 0.243 e. The number of aryl methyl sites for hydroxylation is 1. The van der Waals surface area contributed by atoms with E-state index in [1.807, 2.05) is 30.5 Å². The monoisotopic (exact) mass is 479 g/mol. The van der Waals surface area contributed by atoms with E-state index < -0.39 is 0 Å². The Bertz CT molecular complexity index is 1090. The number of rotatable bonds is 9. The molecule has 1 N–H and O–H groups in total. The van der Waals surface area contributed by atoms with Gasteiger partial charge >= 0.3 is 0 Å². The summed E-state index contributed by atoms with van der Waals surface area (Å²) in [5.74, 6) is 1.15. The molecular weight excluding hydrogens is 446 g/mol. The van der Waals surface area contributed by atoms with E-state index in [1.54, 1.807) is 11.8 Å². The summed E-state index contributed by atoms with van der Waals surface area (Å²) < 4.78 is 0. The van der Waals surface area contributed by atoms with Crippen LogP contribution in [0.3, 0.4) is 0 Å². The van der Waals surface area contributed by atoms with Gasteiger partial charge in [0.1, 0.15) is 11.6 Å². The smallest absolute Gasteiger partial charge is 0.243 e. The Balaban J connectivity index is 1.35. The summed E-state index contributed by atoms with van der Waals surface area (Å²) in [7, 11) is 0. The third-order valence-corrected chi connectivity index (χ3v) is 6.97. The second-order valence-corrected chi connectivity index (χ2v) is 9.70. The molecule has 180 valence electrons. The number of tetrazole rings is 1. The maximum atomic E-state index is 12.4. The Morgan fingerprint density at radius 1 is 1.12 bits per heavy atom. The van der Waals surface area contributed by atoms with Crippen molar-refractivity contribution in [2.24, 2.45) is 5.92 Å². The third-order valence-electron chi connectivity index (χ3n) is 6.27. The largest absolute Gasteiger partial charge is 0.350 e. The van der Waals surface area contributed by atoms with Gasteiger partial charge in [-0.05, 0) is 73.0 Å². The average molecular weight is 480 g/mol. The lowest BCUT2D eigenvalue weighted by molar-refractivity contribution is -0.122. The quantitative estimate of drug-likeness (QED) is 0.469. The summed E-state index contributed by atoms with van der Waals surface area (Å²) in [5, 5.41) is 16.5. The highest BCUT2D eigenvalue weighted by atomic mass is 32.2. The second-order valence-electron chi connectivity index (χ2n) is 8.91. The number of thioether (sulfide) groups is 1. The number of amides is 1. The summed E-state index contributed by atoms with van der Waals surface area (Å²) in [4.78, 5) is 21.0. The first-order valence-corrected chi connectivity index (χ1v) is 13.2. The Morgan fingerprint density at radius 2 is 1.85 bits per heavy atom. The molecular formula is C25H33N7OS. The molecule has 3 aromatic rings. The van der Waals surface area contributed by atoms with Gasteiger partial charge in [-0.3, -0.25) is 9.69 Å². The van der Waals surface area contributed by atoms with Crippen LogP contribution in [0.15, 0.2) is 41.4 Å². The van der Waals surface area contributed by atoms with Crippen LogP contribution in [0.5, 0.6) is 0 Å². The highest BCUT2D eigenvalue weighted by Gasteiger charge is 2.18. The molecule has 1 aliphatic heterocycles. The molecule has 8 nitrogen and oxygen atoms in total. The Hall–Kier alpha value is -2.78. The molecule has 0 radical (unpaired) electrons. The molecule has 1 aliphatic rings. The van der Waals surface area contributed by atoms with Crippen molar-refractivity contribution in [3.63, 3.8) is 0 Å². The van der Waals surface area contributed by atoms with Crippen molar-refractivity contribution in [2.45, 2.75) is 57.8 Å². The number of likely N-dealkylation sites (tertiary alicyclic amines) is 1. The molecule has 0 unspecified atom stereocenters. The van der Waals surface area contributed by atoms with E-state index in [2.05, 4.69) is 51.6 Å². The van der Waals surface area contributed by atoms with Crippen LogP contribution in [0.1, 0.15) is 43.5 Å². The van der Waals surface area contributed by atoms with E-state index in [0.29, 0.717) is 12.4 Å². The summed E-state index contributed by atoms with van der Waals surface area (Å²) in [5.41, 5.74) is 4.24. The van der Waals surface area contributed by atoms with Gasteiger partial charge in [0.2, 0.25) is 11.7 Å². The van der Waals surface area contributed by atoms with Crippen molar-refractivity contribution in [1.29, 1.82) is 0 Å². The molecule has 0 bridgehead atoms. The first kappa shape index (κ1) is 24.3. The number of pyridine rings is 1. The molecule has 0 atom stereocenters. The van der Waals surface area contributed by atoms with Gasteiger partial charge in [-0.2, -0.15) is 4.80 Å². The zero-order valence-electron chi connectivity index (χ0n) is 20.2. The number of carbonyl (C=O) groups excluding carboxylic acids is 1. The third kappa shape index (κ3) is 6.42. The van der Waals surface area contributed by atoms with Crippen LogP contribution in [-0.2, 0) is 30.8 Å². The van der Waals surface area contributed by atoms with Crippen LogP contribution in [0.4, 0.5) is 0 Å². The molecule has 0 saturated carbocycles. The Labute approximate surface area is 205 Å². The van der Waals surface area contributed by atoms with Gasteiger partial charge in [0, 0.05) is 13.1 Å². The minimum Gasteiger partial charge on any atom is -0.350 e. The Kier molecular flexibility index (Phi) is 8.29. The number of nitrogens with one attached hydrogen (secondary N) is 1. The molecule has 2 aromatic heterocycles. The van der Waals surface area contributed by atoms with Gasteiger partial charge in [0.15, 0.2) is 0 Å². The van der Waals surface area contributed by atoms with Crippen LogP contribution in [-0.4, -0.2) is 55.3 Å². The first-order valence-electron chi connectivity index (χ1n) is 11.9. The van der Waals surface area contributed by atoms with E-state index in [-0.39, 0.29) is 12.5 Å². The predicted octanol–water partition coefficient (Wildman–Crippen LogP) is 3.57. The lowest BCUT2D eigenvalue weighted by Gasteiger charge is -2.29. The number of carbonyl (C=O) groups is 1. The van der Waals surface area contributed by atoms with E-state index in [0.717, 1.165) is 53.8 Å². The SMILES string of the molecule is CCc1ccc(CNC(=O)Cn2nnc(-c3ccc(CN4CCC(C)CC4)nc3SC)n2)cc1. The van der Waals surface area contributed by atoms with E-state index in [4.69, 9.17) is 4.98 Å². The molecule has 1 aromatic carbocycles. The van der Waals surface area contributed by atoms with Crippen LogP contribution < -0.4 is 5.32 Å². The minimum atomic E-state index is -0.155. The van der Waals surface area contributed by atoms with Gasteiger partial charge < -0.3 is 5.32 Å². The number of piperidine rings is 1. The molecule has 0 spiro atoms. The lowest BCUT2D eigenvalue weighted by atomic mass is 9.99. The maximum absolute atomic E-state index is 12.4. The van der Waals surface area contributed by atoms with E-state index in [9.17, 15) is 4.79 Å². The van der Waals surface area contributed by atoms with Crippen LogP contribution in [0.25, 0.3) is 11.4 Å². The van der Waals surface area contributed by atoms with Crippen LogP contribution in [0, 0.1) is 5.92 Å². The molecule has 3 heterocycles. The van der Waals surface area contributed by atoms with Crippen molar-refractivity contribution >= 4 is 17.7 Å². The average Bonchev–Trinajstić information content (AvgIpc) is 3.32. The minimum absolute atomic E-state index is 0.0214. The van der Waals surface area contributed by atoms with Crippen molar-refractivity contribution in [3.8, 4) is 11.4 Å². The van der Waals surface area contributed by atoms with Crippen LogP contribution >= 0.6 is 11.8 Å². The molecule has 1 fully saturated rings. The van der Waals surface area contributed by atoms with Gasteiger partial charge in [0.05, 0.1) is 11.3 Å². The van der Waals surface area contributed by atoms with Crippen molar-refractivity contribution in [3.05, 3.63) is 53.2 Å². The van der Waals surface area contributed by atoms with Crippen molar-refractivity contribution in [2.75, 3.05) is 19.3 Å². The zero-order chi connectivity index (χ0) is 23.9. The van der Waals surface area contributed by atoms with Gasteiger partial charge in [-0.25, -0.2) is 4.98 Å². The topological polar surface area (TPSA) is 88.8 Å². The fraction of sp³-hybridized carbons (Fsp3) is 0.480. The van der Waals surface area contributed by atoms with E-state index in [1.165, 1.54) is 23.2 Å². The van der Waals surface area contributed by atoms with Crippen LogP contribution in [0.2, 0.25) is 0 Å². The second kappa shape index (κ2) is 11.6. The van der Waals surface area contributed by atoms with E-state index >= 15 is 0 Å². The summed E-state index contributed by atoms with van der Waals surface area (Å²) in [6.07, 6.45) is 5.50. The fourth-order valence-corrected chi connectivity index (χ4v) is 4.63. The van der Waals surface area contributed by atoms with Gasteiger partial charge in [0.25, 0.3) is 0 Å². The molecule has 34 heavy (non-hydrogen) atoms. The predicted molar refractivity (Wildman–Crippen MR) is 134 cm³/mol. The number of hydrogen-bond acceptors (Lipinski definition) is 7. The van der Waals surface area contributed by atoms with Crippen molar-refractivity contribution < 1.29 is 4.79 Å². The molecule has 1 saturated heterocycles. The molecule has 4 rings (SSSR count). The van der Waals surface area contributed by atoms with Crippen molar-refractivity contribution in [1.82, 2.24) is 35.4 Å². The van der Waals surface area contributed by atoms with Gasteiger partial charge in [-0.1, -0.05) is 38.1 Å². The molecule has 1 amide bonds. The zero-order valence-corrected chi connectivity index (χ0v) is 21.0. The standard InChI is InChI=1S/C25H33N7OS/c1-4-19-5-7-20(8-6-19)15-26-23(33)17-32-29-24(28-30-32)22-10-9-21(27-25(22)34-3)16-31-13-11-18(2)12-14-31/h5-10,18H,4,11-17H2,1-3H3,(H,26,33). The van der Waals surface area contributed by atoms with Gasteiger partial charge in [-0.15, -0.1) is 22.0 Å². The lowest BCUT2D eigenvalue weighted by Crippen LogP contribution is -2.32. The highest BCUT2D eigenvalue weighted by Crippen LogP contribution is 2.27. The Morgan fingerprint density at radius 3 is 2.56 bits per heavy atom. The number of hydrogen-bond donors (Lipinski definition) is 1. The summed E-state index contributed by atoms with van der Waals surface area (Å²) in [6.45, 7) is 8.06. The first-order chi connectivity index (χ1) is 16.5. The number of benzene rings is 1. The fourth-order valence-electron chi connectivity index (χ4n) is 4.04. The number of nitrogens with zero attached hydrogens (tertiary/aromatic N) is 6. The summed E-state index contributed by atoms with van der Waals surface area (Å²) >= 11 is 1.57. The summed E-state index contributed by atoms with van der Waals surface area (Å²) in [6, 6.07) is 12.3. The normalized spacial score (nSPS) is 14.9. The number of aromatic nitrogens is 5. The molecule has 9 heteroatoms. The molecule has 0 aliphatic carbocycles.